The molecule has 24 nitrogen and oxygen atoms in total. The molecule has 1 aliphatic heterocycles. The molecule has 2 unspecified atom stereocenters. The number of carbonyl (C=O) groups excluding carboxylic acids is 11. The van der Waals surface area contributed by atoms with Crippen molar-refractivity contribution in [3.05, 3.63) is 12.2 Å². The number of carbonyl (C=O) groups is 11. The maximum absolute atomic E-state index is 15.2. The van der Waals surface area contributed by atoms with Gasteiger partial charge in [-0.1, -0.05) is 116 Å². The Hall–Kier alpha value is -6.17. The van der Waals surface area contributed by atoms with Crippen molar-refractivity contribution in [2.24, 2.45) is 41.4 Å². The second-order valence-electron chi connectivity index (χ2n) is 26.2. The highest BCUT2D eigenvalue weighted by molar-refractivity contribution is 6.00. The van der Waals surface area contributed by atoms with E-state index >= 15 is 9.59 Å². The fourth-order valence-electron chi connectivity index (χ4n) is 11.1. The van der Waals surface area contributed by atoms with Crippen molar-refractivity contribution in [2.45, 2.75) is 229 Å². The summed E-state index contributed by atoms with van der Waals surface area (Å²) in [6, 6.07) is -14.4. The van der Waals surface area contributed by atoms with E-state index in [2.05, 4.69) is 21.3 Å². The van der Waals surface area contributed by atoms with Crippen molar-refractivity contribution >= 4 is 65.0 Å². The summed E-state index contributed by atoms with van der Waals surface area (Å²) in [5.74, 6) is -10.9. The Balaban J connectivity index is 4.42. The minimum atomic E-state index is -1.67. The van der Waals surface area contributed by atoms with Gasteiger partial charge in [0.1, 0.15) is 66.5 Å². The zero-order valence-corrected chi connectivity index (χ0v) is 57.1. The van der Waals surface area contributed by atoms with Crippen LogP contribution in [0.5, 0.6) is 0 Å². The van der Waals surface area contributed by atoms with Gasteiger partial charge in [0.25, 0.3) is 0 Å². The third kappa shape index (κ3) is 21.0. The standard InChI is InChI=1S/C63H113N11O13/c1-25-28-29-40(15)52(76)51-56(80)66-43(27-3)58(82)71(21)47(33-75)61(85)73(23)50(39(14)26-2)55(79)67-48(37(10)11)62(86)68(18)44(30-34(4)5)54(78)64-41(16)53(77)65-42(17)57(81)69(19)45(31-35(6)7)59(83)70(20)46(32-36(8)9)60(84)72(22)49(38(12)13)63(87)74(51)24/h25,28,34-52,75-76H,26-27,29-33H2,1-24H3,(H,64,78)(H,65,77)(H,66,80)(H,67,79)/b28-25+/t39?,40-,41+,42-,43+,44+,45+,46+,47?,48+,49+,50+,51+,52-/m1/s1. The third-order valence-electron chi connectivity index (χ3n) is 17.0. The zero-order valence-electron chi connectivity index (χ0n) is 57.1. The maximum Gasteiger partial charge on any atom is 0.248 e. The van der Waals surface area contributed by atoms with Gasteiger partial charge < -0.3 is 65.8 Å². The molecule has 498 valence electrons. The third-order valence-corrected chi connectivity index (χ3v) is 17.0. The lowest BCUT2D eigenvalue weighted by Crippen LogP contribution is -2.64. The molecule has 0 spiro atoms. The van der Waals surface area contributed by atoms with Crippen LogP contribution >= 0.6 is 0 Å². The Bertz CT molecular complexity index is 2380. The van der Waals surface area contributed by atoms with Crippen LogP contribution in [0.25, 0.3) is 0 Å². The summed E-state index contributed by atoms with van der Waals surface area (Å²) in [4.78, 5) is 169. The predicted octanol–water partition coefficient (Wildman–Crippen LogP) is 2.63. The zero-order chi connectivity index (χ0) is 67.6. The van der Waals surface area contributed by atoms with Crippen molar-refractivity contribution in [3.63, 3.8) is 0 Å². The van der Waals surface area contributed by atoms with E-state index in [1.54, 1.807) is 74.5 Å². The van der Waals surface area contributed by atoms with Crippen LogP contribution in [0.4, 0.5) is 0 Å². The number of hydrogen-bond acceptors (Lipinski definition) is 13. The second kappa shape index (κ2) is 35.7. The molecule has 14 atom stereocenters. The molecular formula is C63H113N11O13. The number of rotatable bonds is 16. The van der Waals surface area contributed by atoms with Crippen LogP contribution in [0.15, 0.2) is 12.2 Å². The number of aliphatic hydroxyl groups excluding tert-OH is 2. The summed E-state index contributed by atoms with van der Waals surface area (Å²) >= 11 is 0. The molecule has 0 radical (unpaired) electrons. The van der Waals surface area contributed by atoms with Crippen LogP contribution in [0, 0.1) is 41.4 Å². The number of likely N-dealkylation sites (N-methyl/N-ethyl adjacent to an activating group) is 7. The quantitative estimate of drug-likeness (QED) is 0.121. The molecule has 1 rings (SSSR count). The first kappa shape index (κ1) is 78.8. The van der Waals surface area contributed by atoms with Gasteiger partial charge in [-0.15, -0.1) is 0 Å². The van der Waals surface area contributed by atoms with Gasteiger partial charge in [0.05, 0.1) is 12.7 Å². The fourth-order valence-corrected chi connectivity index (χ4v) is 11.1. The van der Waals surface area contributed by atoms with Gasteiger partial charge >= 0.3 is 0 Å². The van der Waals surface area contributed by atoms with Crippen molar-refractivity contribution in [3.8, 4) is 0 Å². The molecule has 0 saturated carbocycles. The van der Waals surface area contributed by atoms with E-state index in [4.69, 9.17) is 0 Å². The first-order valence-corrected chi connectivity index (χ1v) is 31.2. The van der Waals surface area contributed by atoms with E-state index in [1.165, 1.54) is 82.8 Å². The van der Waals surface area contributed by atoms with E-state index in [1.807, 2.05) is 41.5 Å². The Morgan fingerprint density at radius 1 is 0.448 bits per heavy atom. The Kier molecular flexibility index (Phi) is 32.4. The SMILES string of the molecule is C/C=C/C[C@@H](C)[C@@H](O)[C@H]1C(=O)N[C@@H](CC)C(=O)N(C)C(CO)C(=O)N(C)[C@@H](C(C)CC)C(=O)N[C@@H](C(C)C)C(=O)N(C)[C@@H](CC(C)C)C(=O)N[C@@H](C)C(=O)N[C@H](C)C(=O)N(C)[C@@H](CC(C)C)C(=O)N(C)[C@@H](CC(C)C)C(=O)N(C)[C@@H](C(C)C)C(=O)N1C. The molecule has 1 fully saturated rings. The summed E-state index contributed by atoms with van der Waals surface area (Å²) in [5, 5.41) is 33.9. The predicted molar refractivity (Wildman–Crippen MR) is 334 cm³/mol. The van der Waals surface area contributed by atoms with Gasteiger partial charge in [-0.2, -0.15) is 0 Å². The molecule has 0 bridgehead atoms. The lowest BCUT2D eigenvalue weighted by Gasteiger charge is -2.41. The van der Waals surface area contributed by atoms with Crippen molar-refractivity contribution in [1.29, 1.82) is 0 Å². The summed E-state index contributed by atoms with van der Waals surface area (Å²) < 4.78 is 0. The topological polar surface area (TPSA) is 299 Å². The van der Waals surface area contributed by atoms with Crippen molar-refractivity contribution < 1.29 is 63.0 Å². The summed E-state index contributed by atoms with van der Waals surface area (Å²) in [6.07, 6.45) is 3.00. The number of nitrogens with one attached hydrogen (secondary N) is 4. The van der Waals surface area contributed by atoms with E-state index in [0.29, 0.717) is 6.42 Å². The molecule has 0 aromatic heterocycles. The molecule has 87 heavy (non-hydrogen) atoms. The lowest BCUT2D eigenvalue weighted by molar-refractivity contribution is -0.157. The van der Waals surface area contributed by atoms with Crippen LogP contribution < -0.4 is 21.3 Å². The number of hydrogen-bond donors (Lipinski definition) is 6. The number of nitrogens with zero attached hydrogens (tertiary/aromatic N) is 7. The average Bonchev–Trinajstić information content (AvgIpc) is 1.27. The lowest BCUT2D eigenvalue weighted by atomic mass is 9.91. The molecule has 0 aromatic rings. The van der Waals surface area contributed by atoms with Crippen LogP contribution in [0.3, 0.4) is 0 Å². The highest BCUT2D eigenvalue weighted by Crippen LogP contribution is 2.26. The Morgan fingerprint density at radius 3 is 1.31 bits per heavy atom. The molecule has 0 aliphatic carbocycles. The van der Waals surface area contributed by atoms with E-state index < -0.39 is 168 Å². The van der Waals surface area contributed by atoms with Gasteiger partial charge in [-0.05, 0) is 94.3 Å². The molecule has 0 aromatic carbocycles. The minimum Gasteiger partial charge on any atom is -0.394 e. The van der Waals surface area contributed by atoms with E-state index in [0.717, 1.165) is 14.7 Å². The second-order valence-corrected chi connectivity index (χ2v) is 26.2. The molecular weight excluding hydrogens is 1120 g/mol. The summed E-state index contributed by atoms with van der Waals surface area (Å²) in [7, 11) is 9.65. The molecule has 11 amide bonds. The first-order chi connectivity index (χ1) is 40.2. The van der Waals surface area contributed by atoms with E-state index in [9.17, 15) is 53.4 Å². The van der Waals surface area contributed by atoms with Gasteiger partial charge in [-0.3, -0.25) is 52.7 Å². The van der Waals surface area contributed by atoms with Crippen LogP contribution in [-0.2, 0) is 52.7 Å². The van der Waals surface area contributed by atoms with Gasteiger partial charge in [0, 0.05) is 49.3 Å². The molecule has 24 heteroatoms. The molecule has 1 heterocycles. The first-order valence-electron chi connectivity index (χ1n) is 31.2. The summed E-state index contributed by atoms with van der Waals surface area (Å²) in [6.45, 7) is 28.5. The highest BCUT2D eigenvalue weighted by atomic mass is 16.3. The van der Waals surface area contributed by atoms with Crippen molar-refractivity contribution in [2.75, 3.05) is 55.9 Å². The minimum absolute atomic E-state index is 0.0628. The monoisotopic (exact) mass is 1230 g/mol. The largest absolute Gasteiger partial charge is 0.394 e. The Morgan fingerprint density at radius 2 is 0.862 bits per heavy atom. The van der Waals surface area contributed by atoms with Gasteiger partial charge in [-0.25, -0.2) is 0 Å². The van der Waals surface area contributed by atoms with Crippen LogP contribution in [0.2, 0.25) is 0 Å². The molecule has 6 N–H and O–H groups in total. The number of amides is 11. The molecule has 1 aliphatic rings. The molecule has 1 saturated heterocycles. The number of allylic oxidation sites excluding steroid dienone is 2. The smallest absolute Gasteiger partial charge is 0.248 e. The highest BCUT2D eigenvalue weighted by Gasteiger charge is 2.46. The fraction of sp³-hybridized carbons (Fsp3) is 0.794. The van der Waals surface area contributed by atoms with Crippen LogP contribution in [0.1, 0.15) is 156 Å². The van der Waals surface area contributed by atoms with Gasteiger partial charge in [0.15, 0.2) is 0 Å². The summed E-state index contributed by atoms with van der Waals surface area (Å²) in [5.41, 5.74) is 0. The van der Waals surface area contributed by atoms with Crippen LogP contribution in [-0.4, -0.2) is 238 Å². The Labute approximate surface area is 520 Å². The maximum atomic E-state index is 15.2. The van der Waals surface area contributed by atoms with Crippen molar-refractivity contribution in [1.82, 2.24) is 55.6 Å². The van der Waals surface area contributed by atoms with Gasteiger partial charge in [0.2, 0.25) is 65.0 Å². The normalized spacial score (nSPS) is 27.7. The van der Waals surface area contributed by atoms with E-state index in [-0.39, 0.29) is 49.9 Å². The number of aliphatic hydroxyl groups is 2. The average molecular weight is 1230 g/mol.